The molecule has 1 fully saturated rings. The Balaban J connectivity index is 1.47. The van der Waals surface area contributed by atoms with E-state index in [0.29, 0.717) is 50.1 Å². The molecule has 0 bridgehead atoms. The van der Waals surface area contributed by atoms with Gasteiger partial charge < -0.3 is 19.9 Å². The lowest BCUT2D eigenvalue weighted by atomic mass is 10.0. The molecule has 1 aromatic carbocycles. The number of halogens is 3. The molecule has 4 heterocycles. The minimum absolute atomic E-state index is 0.0957. The van der Waals surface area contributed by atoms with Crippen LogP contribution in [0.15, 0.2) is 47.3 Å². The van der Waals surface area contributed by atoms with Crippen LogP contribution in [0.2, 0.25) is 0 Å². The molecule has 1 atom stereocenters. The first kappa shape index (κ1) is 24.3. The zero-order chi connectivity index (χ0) is 25.3. The minimum Gasteiger partial charge on any atom is -0.377 e. The van der Waals surface area contributed by atoms with Crippen LogP contribution in [0, 0.1) is 0 Å². The summed E-state index contributed by atoms with van der Waals surface area (Å²) in [5.41, 5.74) is 2.85. The van der Waals surface area contributed by atoms with E-state index in [9.17, 15) is 18.0 Å². The summed E-state index contributed by atoms with van der Waals surface area (Å²) < 4.78 is 44.8. The highest BCUT2D eigenvalue weighted by Gasteiger charge is 2.34. The SMILES string of the molecule is CC1COCCN1c1nc(-c2ccc(Nc3cccc(=O)[nH]3)cc2)nc2c1CCN(CC(F)(F)F)C2. The molecule has 0 radical (unpaired) electrons. The number of benzene rings is 1. The number of aromatic nitrogens is 3. The van der Waals surface area contributed by atoms with Gasteiger partial charge in [0.2, 0.25) is 5.56 Å². The lowest BCUT2D eigenvalue weighted by Crippen LogP contribution is -2.46. The number of morpholine rings is 1. The van der Waals surface area contributed by atoms with Gasteiger partial charge in [-0.3, -0.25) is 9.69 Å². The van der Waals surface area contributed by atoms with Crippen LogP contribution in [0.1, 0.15) is 18.2 Å². The monoisotopic (exact) mass is 500 g/mol. The normalized spacial score (nSPS) is 18.7. The first-order valence-electron chi connectivity index (χ1n) is 11.9. The van der Waals surface area contributed by atoms with Gasteiger partial charge in [0.25, 0.3) is 0 Å². The lowest BCUT2D eigenvalue weighted by molar-refractivity contribution is -0.147. The van der Waals surface area contributed by atoms with E-state index in [0.717, 1.165) is 22.6 Å². The molecule has 2 aliphatic rings. The lowest BCUT2D eigenvalue weighted by Gasteiger charge is -2.38. The van der Waals surface area contributed by atoms with Gasteiger partial charge in [-0.05, 0) is 43.7 Å². The molecule has 0 amide bonds. The van der Waals surface area contributed by atoms with E-state index in [1.165, 1.54) is 11.0 Å². The number of hydrogen-bond donors (Lipinski definition) is 2. The van der Waals surface area contributed by atoms with Gasteiger partial charge >= 0.3 is 6.18 Å². The molecule has 0 aliphatic carbocycles. The van der Waals surface area contributed by atoms with E-state index >= 15 is 0 Å². The fraction of sp³-hybridized carbons (Fsp3) is 0.400. The highest BCUT2D eigenvalue weighted by atomic mass is 19.4. The summed E-state index contributed by atoms with van der Waals surface area (Å²) in [4.78, 5) is 27.4. The second kappa shape index (κ2) is 9.90. The fourth-order valence-electron chi connectivity index (χ4n) is 4.64. The molecule has 36 heavy (non-hydrogen) atoms. The first-order chi connectivity index (χ1) is 17.2. The molecule has 11 heteroatoms. The van der Waals surface area contributed by atoms with Crippen molar-refractivity contribution in [1.82, 2.24) is 19.9 Å². The van der Waals surface area contributed by atoms with E-state index in [2.05, 4.69) is 22.1 Å². The minimum atomic E-state index is -4.26. The molecule has 1 unspecified atom stereocenters. The molecular weight excluding hydrogens is 473 g/mol. The van der Waals surface area contributed by atoms with Crippen molar-refractivity contribution in [3.63, 3.8) is 0 Å². The second-order valence-electron chi connectivity index (χ2n) is 9.12. The van der Waals surface area contributed by atoms with Crippen LogP contribution in [0.5, 0.6) is 0 Å². The summed E-state index contributed by atoms with van der Waals surface area (Å²) in [5, 5.41) is 3.14. The number of aromatic amines is 1. The van der Waals surface area contributed by atoms with Crippen molar-refractivity contribution in [1.29, 1.82) is 0 Å². The number of nitrogens with zero attached hydrogens (tertiary/aromatic N) is 4. The van der Waals surface area contributed by atoms with Crippen molar-refractivity contribution in [3.05, 3.63) is 64.1 Å². The molecule has 8 nitrogen and oxygen atoms in total. The van der Waals surface area contributed by atoms with Crippen molar-refractivity contribution >= 4 is 17.3 Å². The number of pyridine rings is 1. The van der Waals surface area contributed by atoms with Crippen LogP contribution in [0.4, 0.5) is 30.5 Å². The van der Waals surface area contributed by atoms with Gasteiger partial charge in [-0.15, -0.1) is 0 Å². The molecule has 2 N–H and O–H groups in total. The third-order valence-electron chi connectivity index (χ3n) is 6.36. The number of rotatable bonds is 5. The number of ether oxygens (including phenoxy) is 1. The molecule has 190 valence electrons. The van der Waals surface area contributed by atoms with Crippen LogP contribution in [0.25, 0.3) is 11.4 Å². The van der Waals surface area contributed by atoms with Gasteiger partial charge in [0.1, 0.15) is 11.6 Å². The Kier molecular flexibility index (Phi) is 6.67. The predicted molar refractivity (Wildman–Crippen MR) is 130 cm³/mol. The quantitative estimate of drug-likeness (QED) is 0.552. The number of nitrogens with one attached hydrogen (secondary N) is 2. The Morgan fingerprint density at radius 3 is 2.67 bits per heavy atom. The maximum absolute atomic E-state index is 13.1. The van der Waals surface area contributed by atoms with Crippen LogP contribution < -0.4 is 15.8 Å². The zero-order valence-electron chi connectivity index (χ0n) is 19.8. The molecule has 0 saturated carbocycles. The van der Waals surface area contributed by atoms with E-state index in [1.54, 1.807) is 12.1 Å². The summed E-state index contributed by atoms with van der Waals surface area (Å²) in [6.45, 7) is 3.32. The average Bonchev–Trinajstić information content (AvgIpc) is 2.83. The number of hydrogen-bond acceptors (Lipinski definition) is 7. The molecule has 3 aromatic rings. The Labute approximate surface area is 206 Å². The van der Waals surface area contributed by atoms with Gasteiger partial charge in [0.15, 0.2) is 5.82 Å². The fourth-order valence-corrected chi connectivity index (χ4v) is 4.64. The largest absolute Gasteiger partial charge is 0.401 e. The van der Waals surface area contributed by atoms with Gasteiger partial charge in [0, 0.05) is 42.5 Å². The van der Waals surface area contributed by atoms with Crippen molar-refractivity contribution in [2.75, 3.05) is 43.1 Å². The van der Waals surface area contributed by atoms with E-state index in [1.807, 2.05) is 24.3 Å². The van der Waals surface area contributed by atoms with Gasteiger partial charge in [-0.1, -0.05) is 6.07 Å². The number of anilines is 3. The summed E-state index contributed by atoms with van der Waals surface area (Å²) in [5.74, 6) is 1.81. The summed E-state index contributed by atoms with van der Waals surface area (Å²) in [6.07, 6.45) is -3.80. The first-order valence-corrected chi connectivity index (χ1v) is 11.9. The van der Waals surface area contributed by atoms with E-state index < -0.39 is 12.7 Å². The van der Waals surface area contributed by atoms with E-state index in [-0.39, 0.29) is 18.1 Å². The Morgan fingerprint density at radius 1 is 1.14 bits per heavy atom. The third-order valence-corrected chi connectivity index (χ3v) is 6.36. The second-order valence-corrected chi connectivity index (χ2v) is 9.12. The van der Waals surface area contributed by atoms with Gasteiger partial charge in [-0.2, -0.15) is 13.2 Å². The van der Waals surface area contributed by atoms with Crippen LogP contribution in [0.3, 0.4) is 0 Å². The molecule has 0 spiro atoms. The molecule has 1 saturated heterocycles. The highest BCUT2D eigenvalue weighted by Crippen LogP contribution is 2.32. The molecule has 2 aliphatic heterocycles. The number of H-pyrrole nitrogens is 1. The number of alkyl halides is 3. The molecule has 2 aromatic heterocycles. The predicted octanol–water partition coefficient (Wildman–Crippen LogP) is 3.72. The Bertz CT molecular complexity index is 1280. The molecular formula is C25H27F3N6O2. The maximum atomic E-state index is 13.1. The third kappa shape index (κ3) is 5.52. The standard InChI is InChI=1S/C25H27F3N6O2/c1-16-14-36-12-11-34(16)24-19-9-10-33(15-25(26,27)28)13-20(19)30-23(32-24)17-5-7-18(8-6-17)29-21-3-2-4-22(35)31-21/h2-8,16H,9-15H2,1H3,(H2,29,31,35). The van der Waals surface area contributed by atoms with Crippen molar-refractivity contribution < 1.29 is 17.9 Å². The van der Waals surface area contributed by atoms with Crippen molar-refractivity contribution in [2.45, 2.75) is 32.1 Å². The van der Waals surface area contributed by atoms with Gasteiger partial charge in [-0.25, -0.2) is 9.97 Å². The van der Waals surface area contributed by atoms with Gasteiger partial charge in [0.05, 0.1) is 31.5 Å². The Hall–Kier alpha value is -3.44. The zero-order valence-corrected chi connectivity index (χ0v) is 19.8. The Morgan fingerprint density at radius 2 is 1.94 bits per heavy atom. The smallest absolute Gasteiger partial charge is 0.377 e. The van der Waals surface area contributed by atoms with Crippen molar-refractivity contribution in [3.8, 4) is 11.4 Å². The van der Waals surface area contributed by atoms with Crippen molar-refractivity contribution in [2.24, 2.45) is 0 Å². The van der Waals surface area contributed by atoms with Crippen LogP contribution in [-0.2, 0) is 17.7 Å². The number of fused-ring (bicyclic) bond motifs is 1. The highest BCUT2D eigenvalue weighted by molar-refractivity contribution is 5.65. The van der Waals surface area contributed by atoms with Crippen LogP contribution >= 0.6 is 0 Å². The maximum Gasteiger partial charge on any atom is 0.401 e. The topological polar surface area (TPSA) is 86.4 Å². The van der Waals surface area contributed by atoms with Crippen LogP contribution in [-0.4, -0.2) is 64.9 Å². The average molecular weight is 501 g/mol. The molecule has 5 rings (SSSR count). The summed E-state index contributed by atoms with van der Waals surface area (Å²) in [6, 6.07) is 12.3. The summed E-state index contributed by atoms with van der Waals surface area (Å²) in [7, 11) is 0. The summed E-state index contributed by atoms with van der Waals surface area (Å²) >= 11 is 0. The van der Waals surface area contributed by atoms with E-state index in [4.69, 9.17) is 14.7 Å².